The second-order valence-electron chi connectivity index (χ2n) is 2.70. The van der Waals surface area contributed by atoms with Gasteiger partial charge in [-0.1, -0.05) is 9.52 Å². The zero-order chi connectivity index (χ0) is 7.44. The molecule has 0 aliphatic rings. The van der Waals surface area contributed by atoms with Crippen molar-refractivity contribution in [2.24, 2.45) is 0 Å². The van der Waals surface area contributed by atoms with Crippen LogP contribution >= 0.6 is 0 Å². The van der Waals surface area contributed by atoms with E-state index >= 15 is 0 Å². The van der Waals surface area contributed by atoms with Crippen LogP contribution in [0.3, 0.4) is 0 Å². The molecule has 0 amide bonds. The molecule has 0 saturated carbocycles. The molecule has 4 heteroatoms. The molecular formula is C6H17LiN2Si. The van der Waals surface area contributed by atoms with Gasteiger partial charge in [-0.15, -0.1) is 0 Å². The van der Waals surface area contributed by atoms with E-state index in [1.165, 1.54) is 0 Å². The standard InChI is InChI=1S/C6H17N2Si.Li/c1-7(2)6(9-5)8(3)4;/h6H,5,9H2,1-4H3;/q-1;+1. The van der Waals surface area contributed by atoms with Gasteiger partial charge in [0, 0.05) is 5.79 Å². The molecule has 56 valence electrons. The van der Waals surface area contributed by atoms with Crippen LogP contribution in [0.25, 0.3) is 0 Å². The van der Waals surface area contributed by atoms with Gasteiger partial charge >= 0.3 is 18.9 Å². The fraction of sp³-hybridized carbons (Fsp3) is 0.833. The molecule has 0 fully saturated rings. The number of nitrogens with zero attached hydrogens (tertiary/aromatic N) is 2. The Morgan fingerprint density at radius 3 is 1.40 bits per heavy atom. The Morgan fingerprint density at radius 1 is 1.10 bits per heavy atom. The average molecular weight is 152 g/mol. The first-order valence-corrected chi connectivity index (χ1v) is 5.03. The summed E-state index contributed by atoms with van der Waals surface area (Å²) >= 11 is 0. The number of hydrogen-bond acceptors (Lipinski definition) is 2. The van der Waals surface area contributed by atoms with Gasteiger partial charge in [0.25, 0.3) is 0 Å². The summed E-state index contributed by atoms with van der Waals surface area (Å²) in [4.78, 5) is 4.44. The first kappa shape index (κ1) is 13.3. The predicted molar refractivity (Wildman–Crippen MR) is 45.1 cm³/mol. The topological polar surface area (TPSA) is 6.48 Å². The maximum atomic E-state index is 3.98. The summed E-state index contributed by atoms with van der Waals surface area (Å²) in [6.07, 6.45) is 0. The van der Waals surface area contributed by atoms with Crippen molar-refractivity contribution in [1.82, 2.24) is 9.80 Å². The molecule has 0 saturated heterocycles. The second kappa shape index (κ2) is 6.44. The van der Waals surface area contributed by atoms with E-state index in [4.69, 9.17) is 0 Å². The van der Waals surface area contributed by atoms with Crippen LogP contribution in [0.4, 0.5) is 0 Å². The smallest absolute Gasteiger partial charge is 0.345 e. The molecule has 0 heterocycles. The van der Waals surface area contributed by atoms with Crippen LogP contribution in [-0.4, -0.2) is 53.3 Å². The molecule has 0 radical (unpaired) electrons. The molecule has 0 rings (SSSR count). The fourth-order valence-corrected chi connectivity index (χ4v) is 2.01. The normalized spacial score (nSPS) is 12.0. The van der Waals surface area contributed by atoms with Crippen LogP contribution in [0, 0.1) is 6.55 Å². The Kier molecular flexibility index (Phi) is 8.59. The van der Waals surface area contributed by atoms with E-state index in [0.29, 0.717) is 5.79 Å². The van der Waals surface area contributed by atoms with Crippen molar-refractivity contribution < 1.29 is 18.9 Å². The minimum atomic E-state index is -0.165. The van der Waals surface area contributed by atoms with Crippen molar-refractivity contribution in [1.29, 1.82) is 0 Å². The summed E-state index contributed by atoms with van der Waals surface area (Å²) in [6, 6.07) is 0. The van der Waals surface area contributed by atoms with Gasteiger partial charge in [0.15, 0.2) is 0 Å². The molecular weight excluding hydrogens is 135 g/mol. The molecule has 2 nitrogen and oxygen atoms in total. The quantitative estimate of drug-likeness (QED) is 0.234. The van der Waals surface area contributed by atoms with Crippen molar-refractivity contribution in [2.45, 2.75) is 5.79 Å². The van der Waals surface area contributed by atoms with Crippen LogP contribution < -0.4 is 18.9 Å². The van der Waals surface area contributed by atoms with Crippen molar-refractivity contribution in [3.63, 3.8) is 0 Å². The Balaban J connectivity index is 0. The monoisotopic (exact) mass is 152 g/mol. The van der Waals surface area contributed by atoms with Gasteiger partial charge in [0.05, 0.1) is 0 Å². The maximum Gasteiger partial charge on any atom is 1.00 e. The Morgan fingerprint density at radius 2 is 1.40 bits per heavy atom. The van der Waals surface area contributed by atoms with Crippen LogP contribution in [0.15, 0.2) is 0 Å². The first-order chi connectivity index (χ1) is 4.09. The fourth-order valence-electron chi connectivity index (χ4n) is 0.978. The summed E-state index contributed by atoms with van der Waals surface area (Å²) in [5, 5.41) is 0. The molecule has 0 unspecified atom stereocenters. The third-order valence-electron chi connectivity index (χ3n) is 1.45. The Labute approximate surface area is 79.0 Å². The van der Waals surface area contributed by atoms with E-state index in [-0.39, 0.29) is 28.4 Å². The minimum Gasteiger partial charge on any atom is -0.345 e. The van der Waals surface area contributed by atoms with E-state index in [1.807, 2.05) is 0 Å². The molecule has 0 bridgehead atoms. The van der Waals surface area contributed by atoms with Crippen molar-refractivity contribution in [2.75, 3.05) is 28.2 Å². The second-order valence-corrected chi connectivity index (χ2v) is 4.00. The van der Waals surface area contributed by atoms with Gasteiger partial charge < -0.3 is 16.3 Å². The molecule has 0 aromatic heterocycles. The van der Waals surface area contributed by atoms with Gasteiger partial charge in [-0.25, -0.2) is 0 Å². The summed E-state index contributed by atoms with van der Waals surface area (Å²) < 4.78 is 0. The van der Waals surface area contributed by atoms with Gasteiger partial charge in [-0.3, -0.25) is 0 Å². The van der Waals surface area contributed by atoms with Crippen LogP contribution in [0.2, 0.25) is 0 Å². The van der Waals surface area contributed by atoms with E-state index in [9.17, 15) is 0 Å². The Hall–Kier alpha value is 0.734. The summed E-state index contributed by atoms with van der Waals surface area (Å²) in [5.74, 6) is 0.616. The van der Waals surface area contributed by atoms with Crippen molar-refractivity contribution in [3.8, 4) is 0 Å². The minimum absolute atomic E-state index is 0. The van der Waals surface area contributed by atoms with Gasteiger partial charge in [0.1, 0.15) is 0 Å². The average Bonchev–Trinajstić information content (AvgIpc) is 1.64. The molecule has 0 N–H and O–H groups in total. The first-order valence-electron chi connectivity index (χ1n) is 3.21. The Bertz CT molecular complexity index is 70.1. The predicted octanol–water partition coefficient (Wildman–Crippen LogP) is -3.64. The number of hydrogen-bond donors (Lipinski definition) is 0. The molecule has 0 aromatic rings. The maximum absolute atomic E-state index is 3.98. The third-order valence-corrected chi connectivity index (χ3v) is 3.43. The zero-order valence-electron chi connectivity index (χ0n) is 7.89. The van der Waals surface area contributed by atoms with Crippen LogP contribution in [0.5, 0.6) is 0 Å². The molecule has 0 aliphatic heterocycles. The molecule has 10 heavy (non-hydrogen) atoms. The van der Waals surface area contributed by atoms with Gasteiger partial charge in [-0.2, -0.15) is 0 Å². The van der Waals surface area contributed by atoms with E-state index in [1.54, 1.807) is 0 Å². The molecule has 0 aliphatic carbocycles. The summed E-state index contributed by atoms with van der Waals surface area (Å²) in [7, 11) is 8.24. The molecule has 0 atom stereocenters. The van der Waals surface area contributed by atoms with E-state index in [0.717, 1.165) is 0 Å². The molecule has 0 spiro atoms. The number of rotatable bonds is 3. The van der Waals surface area contributed by atoms with Crippen LogP contribution in [0.1, 0.15) is 0 Å². The summed E-state index contributed by atoms with van der Waals surface area (Å²) in [5.41, 5.74) is 0. The third kappa shape index (κ3) is 4.53. The zero-order valence-corrected chi connectivity index (χ0v) is 9.30. The van der Waals surface area contributed by atoms with E-state index < -0.39 is 0 Å². The van der Waals surface area contributed by atoms with Gasteiger partial charge in [0.2, 0.25) is 0 Å². The molecule has 0 aromatic carbocycles. The summed E-state index contributed by atoms with van der Waals surface area (Å²) in [6.45, 7) is 3.98. The van der Waals surface area contributed by atoms with E-state index in [2.05, 4.69) is 44.5 Å². The SMILES string of the molecule is [CH2-][SiH2]C(N(C)C)N(C)C.[Li+]. The van der Waals surface area contributed by atoms with Crippen LogP contribution in [-0.2, 0) is 0 Å². The largest absolute Gasteiger partial charge is 1.00 e. The van der Waals surface area contributed by atoms with Crippen molar-refractivity contribution >= 4 is 9.52 Å². The van der Waals surface area contributed by atoms with Gasteiger partial charge in [-0.05, 0) is 28.2 Å². The van der Waals surface area contributed by atoms with Crippen molar-refractivity contribution in [3.05, 3.63) is 6.55 Å².